The first-order valence-electron chi connectivity index (χ1n) is 8.42. The highest BCUT2D eigenvalue weighted by Gasteiger charge is 2.32. The Bertz CT molecular complexity index is 1030. The Morgan fingerprint density at radius 2 is 1.79 bits per heavy atom. The van der Waals surface area contributed by atoms with E-state index in [1.807, 2.05) is 13.8 Å². The molecular formula is C19H20F3N3O3S. The predicted molar refractivity (Wildman–Crippen MR) is 105 cm³/mol. The van der Waals surface area contributed by atoms with E-state index in [1.54, 1.807) is 18.2 Å². The van der Waals surface area contributed by atoms with E-state index >= 15 is 0 Å². The molecular weight excluding hydrogens is 407 g/mol. The molecule has 10 heteroatoms. The molecule has 1 amide bonds. The lowest BCUT2D eigenvalue weighted by Gasteiger charge is -2.22. The number of rotatable bonds is 6. The van der Waals surface area contributed by atoms with Gasteiger partial charge in [-0.05, 0) is 43.2 Å². The maximum atomic E-state index is 13.0. The zero-order chi connectivity index (χ0) is 21.8. The Labute approximate surface area is 167 Å². The van der Waals surface area contributed by atoms with E-state index in [0.717, 1.165) is 34.0 Å². The normalized spacial score (nSPS) is 12.2. The van der Waals surface area contributed by atoms with Gasteiger partial charge in [-0.15, -0.1) is 0 Å². The van der Waals surface area contributed by atoms with Crippen LogP contribution in [0.4, 0.5) is 18.9 Å². The molecule has 0 heterocycles. The number of hydrazone groups is 1. The number of sulfonamides is 1. The number of aryl methyl sites for hydroxylation is 2. The molecule has 0 aliphatic rings. The molecule has 0 aliphatic carbocycles. The average molecular weight is 427 g/mol. The van der Waals surface area contributed by atoms with Crippen molar-refractivity contribution in [2.45, 2.75) is 20.0 Å². The lowest BCUT2D eigenvalue weighted by molar-refractivity contribution is -0.137. The molecule has 0 fully saturated rings. The highest BCUT2D eigenvalue weighted by atomic mass is 32.2. The molecule has 0 atom stereocenters. The Morgan fingerprint density at radius 1 is 1.14 bits per heavy atom. The standard InChI is InChI=1S/C19H20F3N3O3S/c1-13-8-9-16(10-14(13)2)25(29(3,27)28)12-18(26)24-23-11-15-6-4-5-7-17(15)19(20,21)22/h4-11H,12H2,1-3H3,(H,24,26)/b23-11-. The van der Waals surface area contributed by atoms with Crippen molar-refractivity contribution in [2.24, 2.45) is 5.10 Å². The van der Waals surface area contributed by atoms with Gasteiger partial charge in [0, 0.05) is 5.56 Å². The zero-order valence-electron chi connectivity index (χ0n) is 16.0. The van der Waals surface area contributed by atoms with Crippen molar-refractivity contribution in [3.05, 3.63) is 64.7 Å². The quantitative estimate of drug-likeness (QED) is 0.568. The number of amides is 1. The summed E-state index contributed by atoms with van der Waals surface area (Å²) in [4.78, 5) is 12.1. The van der Waals surface area contributed by atoms with Gasteiger partial charge in [0.2, 0.25) is 10.0 Å². The fraction of sp³-hybridized carbons (Fsp3) is 0.263. The fourth-order valence-corrected chi connectivity index (χ4v) is 3.34. The molecule has 0 radical (unpaired) electrons. The lowest BCUT2D eigenvalue weighted by Crippen LogP contribution is -2.39. The summed E-state index contributed by atoms with van der Waals surface area (Å²) in [6.45, 7) is 3.10. The third-order valence-electron chi connectivity index (χ3n) is 4.13. The molecule has 0 aromatic heterocycles. The summed E-state index contributed by atoms with van der Waals surface area (Å²) in [5.74, 6) is -0.797. The molecule has 0 spiro atoms. The molecule has 2 aromatic carbocycles. The minimum absolute atomic E-state index is 0.227. The monoisotopic (exact) mass is 427 g/mol. The van der Waals surface area contributed by atoms with Crippen LogP contribution >= 0.6 is 0 Å². The first kappa shape index (κ1) is 22.4. The molecule has 0 aliphatic heterocycles. The third-order valence-corrected chi connectivity index (χ3v) is 5.27. The van der Waals surface area contributed by atoms with Crippen LogP contribution in [0.25, 0.3) is 0 Å². The summed E-state index contributed by atoms with van der Waals surface area (Å²) >= 11 is 0. The SMILES string of the molecule is Cc1ccc(N(CC(=O)N/N=C\c2ccccc2C(F)(F)F)S(C)(=O)=O)cc1C. The summed E-state index contributed by atoms with van der Waals surface area (Å²) < 4.78 is 64.0. The van der Waals surface area contributed by atoms with Crippen molar-refractivity contribution in [1.82, 2.24) is 5.43 Å². The number of hydrogen-bond donors (Lipinski definition) is 1. The summed E-state index contributed by atoms with van der Waals surface area (Å²) in [5, 5.41) is 3.53. The van der Waals surface area contributed by atoms with Crippen LogP contribution in [0.15, 0.2) is 47.6 Å². The molecule has 29 heavy (non-hydrogen) atoms. The highest BCUT2D eigenvalue weighted by Crippen LogP contribution is 2.31. The van der Waals surface area contributed by atoms with E-state index in [-0.39, 0.29) is 5.56 Å². The number of carbonyl (C=O) groups is 1. The number of alkyl halides is 3. The van der Waals surface area contributed by atoms with Crippen molar-refractivity contribution in [3.63, 3.8) is 0 Å². The van der Waals surface area contributed by atoms with Crippen LogP contribution in [0.1, 0.15) is 22.3 Å². The first-order chi connectivity index (χ1) is 13.4. The van der Waals surface area contributed by atoms with Crippen LogP contribution in [0.2, 0.25) is 0 Å². The number of hydrogen-bond acceptors (Lipinski definition) is 4. The number of nitrogens with one attached hydrogen (secondary N) is 1. The zero-order valence-corrected chi connectivity index (χ0v) is 16.8. The Balaban J connectivity index is 2.16. The Hall–Kier alpha value is -2.88. The topological polar surface area (TPSA) is 78.8 Å². The Kier molecular flexibility index (Phi) is 6.68. The maximum absolute atomic E-state index is 13.0. The minimum Gasteiger partial charge on any atom is -0.271 e. The molecule has 2 rings (SSSR count). The number of anilines is 1. The summed E-state index contributed by atoms with van der Waals surface area (Å²) in [6.07, 6.45) is -2.75. The lowest BCUT2D eigenvalue weighted by atomic mass is 10.1. The molecule has 0 saturated carbocycles. The van der Waals surface area contributed by atoms with E-state index in [4.69, 9.17) is 0 Å². The van der Waals surface area contributed by atoms with Gasteiger partial charge in [-0.3, -0.25) is 9.10 Å². The summed E-state index contributed by atoms with van der Waals surface area (Å²) in [5.41, 5.74) is 3.05. The van der Waals surface area contributed by atoms with Crippen LogP contribution in [-0.2, 0) is 21.0 Å². The van der Waals surface area contributed by atoms with Crippen LogP contribution in [0.3, 0.4) is 0 Å². The van der Waals surface area contributed by atoms with Crippen LogP contribution in [0.5, 0.6) is 0 Å². The fourth-order valence-electron chi connectivity index (χ4n) is 2.49. The molecule has 0 saturated heterocycles. The highest BCUT2D eigenvalue weighted by molar-refractivity contribution is 7.92. The molecule has 0 unspecified atom stereocenters. The van der Waals surface area contributed by atoms with E-state index in [9.17, 15) is 26.4 Å². The summed E-state index contributed by atoms with van der Waals surface area (Å²) in [7, 11) is -3.77. The van der Waals surface area contributed by atoms with Gasteiger partial charge in [0.05, 0.1) is 23.7 Å². The van der Waals surface area contributed by atoms with Gasteiger partial charge in [0.25, 0.3) is 5.91 Å². The second kappa shape index (κ2) is 8.64. The molecule has 2 aromatic rings. The number of carbonyl (C=O) groups excluding carboxylic acids is 1. The molecule has 0 bridgehead atoms. The minimum atomic E-state index is -4.57. The predicted octanol–water partition coefficient (Wildman–Crippen LogP) is 3.24. The second-order valence-corrected chi connectivity index (χ2v) is 8.32. The van der Waals surface area contributed by atoms with Gasteiger partial charge in [-0.2, -0.15) is 18.3 Å². The van der Waals surface area contributed by atoms with Gasteiger partial charge >= 0.3 is 6.18 Å². The van der Waals surface area contributed by atoms with Gasteiger partial charge in [-0.1, -0.05) is 24.3 Å². The van der Waals surface area contributed by atoms with Gasteiger partial charge in [0.15, 0.2) is 0 Å². The van der Waals surface area contributed by atoms with Gasteiger partial charge in [0.1, 0.15) is 6.54 Å². The Morgan fingerprint density at radius 3 is 2.38 bits per heavy atom. The van der Waals surface area contributed by atoms with Crippen molar-refractivity contribution < 1.29 is 26.4 Å². The molecule has 156 valence electrons. The summed E-state index contributed by atoms with van der Waals surface area (Å²) in [6, 6.07) is 9.68. The van der Waals surface area contributed by atoms with Gasteiger partial charge < -0.3 is 0 Å². The van der Waals surface area contributed by atoms with E-state index in [1.165, 1.54) is 18.2 Å². The second-order valence-electron chi connectivity index (χ2n) is 6.42. The van der Waals surface area contributed by atoms with Crippen molar-refractivity contribution in [3.8, 4) is 0 Å². The molecule has 6 nitrogen and oxygen atoms in total. The van der Waals surface area contributed by atoms with Gasteiger partial charge in [-0.25, -0.2) is 13.8 Å². The maximum Gasteiger partial charge on any atom is 0.417 e. The van der Waals surface area contributed by atoms with E-state index in [2.05, 4.69) is 10.5 Å². The van der Waals surface area contributed by atoms with Crippen LogP contribution in [-0.4, -0.2) is 33.3 Å². The van der Waals surface area contributed by atoms with Crippen molar-refractivity contribution in [1.29, 1.82) is 0 Å². The van der Waals surface area contributed by atoms with Crippen molar-refractivity contribution >= 4 is 27.8 Å². The van der Waals surface area contributed by atoms with Crippen LogP contribution < -0.4 is 9.73 Å². The number of nitrogens with zero attached hydrogens (tertiary/aromatic N) is 2. The number of halogens is 3. The van der Waals surface area contributed by atoms with E-state index < -0.39 is 34.2 Å². The van der Waals surface area contributed by atoms with E-state index in [0.29, 0.717) is 5.69 Å². The smallest absolute Gasteiger partial charge is 0.271 e. The third kappa shape index (κ3) is 6.05. The largest absolute Gasteiger partial charge is 0.417 e. The van der Waals surface area contributed by atoms with Crippen LogP contribution in [0, 0.1) is 13.8 Å². The number of benzene rings is 2. The van der Waals surface area contributed by atoms with Crippen molar-refractivity contribution in [2.75, 3.05) is 17.1 Å². The first-order valence-corrected chi connectivity index (χ1v) is 10.3. The average Bonchev–Trinajstić information content (AvgIpc) is 2.61. The molecule has 1 N–H and O–H groups in total.